The van der Waals surface area contributed by atoms with E-state index in [9.17, 15) is 4.79 Å². The number of carbonyl (C=O) groups is 1. The third kappa shape index (κ3) is 4.08. The molecule has 1 aromatic rings. The van der Waals surface area contributed by atoms with E-state index in [1.807, 2.05) is 43.0 Å². The van der Waals surface area contributed by atoms with Crippen molar-refractivity contribution in [2.45, 2.75) is 25.9 Å². The molecule has 4 nitrogen and oxygen atoms in total. The predicted octanol–water partition coefficient (Wildman–Crippen LogP) is 1.64. The van der Waals surface area contributed by atoms with Crippen LogP contribution in [0.5, 0.6) is 0 Å². The van der Waals surface area contributed by atoms with Crippen molar-refractivity contribution >= 4 is 21.8 Å². The topological polar surface area (TPSA) is 72.3 Å². The van der Waals surface area contributed by atoms with Crippen molar-refractivity contribution in [3.63, 3.8) is 0 Å². The second kappa shape index (κ2) is 6.87. The number of carbonyl (C=O) groups excluding carboxylic acids is 1. The minimum absolute atomic E-state index is 0.0139. The summed E-state index contributed by atoms with van der Waals surface area (Å²) in [5.41, 5.74) is 12.4. The summed E-state index contributed by atoms with van der Waals surface area (Å²) in [6.45, 7) is 4.88. The SMILES string of the molecule is CCN(CC(N)=O)C(c1cccc(Br)c1)C(C)N. The van der Waals surface area contributed by atoms with E-state index in [1.165, 1.54) is 0 Å². The summed E-state index contributed by atoms with van der Waals surface area (Å²) in [6, 6.07) is 7.87. The molecule has 2 atom stereocenters. The van der Waals surface area contributed by atoms with Gasteiger partial charge in [-0.1, -0.05) is 35.0 Å². The lowest BCUT2D eigenvalue weighted by atomic mass is 9.99. The molecule has 0 aliphatic rings. The number of primary amides is 1. The fourth-order valence-corrected chi connectivity index (χ4v) is 2.56. The smallest absolute Gasteiger partial charge is 0.231 e. The molecule has 0 fully saturated rings. The van der Waals surface area contributed by atoms with Gasteiger partial charge in [0, 0.05) is 10.5 Å². The monoisotopic (exact) mass is 313 g/mol. The molecule has 1 aromatic carbocycles. The molecule has 0 aromatic heterocycles. The second-order valence-electron chi connectivity index (χ2n) is 4.39. The second-order valence-corrected chi connectivity index (χ2v) is 5.30. The van der Waals surface area contributed by atoms with E-state index in [0.29, 0.717) is 0 Å². The van der Waals surface area contributed by atoms with Gasteiger partial charge < -0.3 is 11.5 Å². The van der Waals surface area contributed by atoms with Crippen LogP contribution in [0.4, 0.5) is 0 Å². The lowest BCUT2D eigenvalue weighted by molar-refractivity contribution is -0.119. The molecule has 100 valence electrons. The zero-order valence-electron chi connectivity index (χ0n) is 10.8. The maximum Gasteiger partial charge on any atom is 0.231 e. The normalized spacial score (nSPS) is 14.5. The van der Waals surface area contributed by atoms with Crippen LogP contribution in [-0.2, 0) is 4.79 Å². The highest BCUT2D eigenvalue weighted by Gasteiger charge is 2.24. The zero-order valence-corrected chi connectivity index (χ0v) is 12.4. The lowest BCUT2D eigenvalue weighted by Crippen LogP contribution is -2.43. The fourth-order valence-electron chi connectivity index (χ4n) is 2.14. The molecular weight excluding hydrogens is 294 g/mol. The van der Waals surface area contributed by atoms with Crippen LogP contribution in [0.1, 0.15) is 25.5 Å². The molecule has 1 amide bonds. The van der Waals surface area contributed by atoms with E-state index < -0.39 is 0 Å². The van der Waals surface area contributed by atoms with Gasteiger partial charge >= 0.3 is 0 Å². The van der Waals surface area contributed by atoms with E-state index in [1.54, 1.807) is 0 Å². The molecule has 0 spiro atoms. The number of amides is 1. The number of benzene rings is 1. The van der Waals surface area contributed by atoms with Crippen LogP contribution in [0.2, 0.25) is 0 Å². The number of halogens is 1. The number of nitrogens with zero attached hydrogens (tertiary/aromatic N) is 1. The lowest BCUT2D eigenvalue weighted by Gasteiger charge is -2.33. The largest absolute Gasteiger partial charge is 0.369 e. The summed E-state index contributed by atoms with van der Waals surface area (Å²) in [7, 11) is 0. The van der Waals surface area contributed by atoms with Crippen molar-refractivity contribution in [1.82, 2.24) is 4.90 Å². The van der Waals surface area contributed by atoms with Crippen LogP contribution < -0.4 is 11.5 Å². The standard InChI is InChI=1S/C13H20BrN3O/c1-3-17(8-12(16)18)13(9(2)15)10-5-4-6-11(14)7-10/h4-7,9,13H,3,8,15H2,1-2H3,(H2,16,18). The summed E-state index contributed by atoms with van der Waals surface area (Å²) in [4.78, 5) is 13.1. The summed E-state index contributed by atoms with van der Waals surface area (Å²) in [5, 5.41) is 0. The molecular formula is C13H20BrN3O. The molecule has 0 saturated heterocycles. The van der Waals surface area contributed by atoms with E-state index in [4.69, 9.17) is 11.5 Å². The first kappa shape index (κ1) is 15.1. The van der Waals surface area contributed by atoms with E-state index in [-0.39, 0.29) is 24.5 Å². The number of hydrogen-bond donors (Lipinski definition) is 2. The van der Waals surface area contributed by atoms with Gasteiger partial charge in [0.2, 0.25) is 5.91 Å². The number of nitrogens with two attached hydrogens (primary N) is 2. The van der Waals surface area contributed by atoms with Crippen LogP contribution in [0.25, 0.3) is 0 Å². The van der Waals surface area contributed by atoms with Gasteiger partial charge in [0.15, 0.2) is 0 Å². The molecule has 0 aliphatic carbocycles. The molecule has 1 rings (SSSR count). The van der Waals surface area contributed by atoms with Crippen molar-refractivity contribution in [3.05, 3.63) is 34.3 Å². The number of likely N-dealkylation sites (N-methyl/N-ethyl adjacent to an activating group) is 1. The maximum atomic E-state index is 11.1. The molecule has 0 radical (unpaired) electrons. The maximum absolute atomic E-state index is 11.1. The Hall–Kier alpha value is -0.910. The summed E-state index contributed by atoms with van der Waals surface area (Å²) >= 11 is 3.45. The summed E-state index contributed by atoms with van der Waals surface area (Å²) in [6.07, 6.45) is 0. The highest BCUT2D eigenvalue weighted by atomic mass is 79.9. The highest BCUT2D eigenvalue weighted by Crippen LogP contribution is 2.25. The number of rotatable bonds is 6. The average molecular weight is 314 g/mol. The predicted molar refractivity (Wildman–Crippen MR) is 77.0 cm³/mol. The molecule has 0 aliphatic heterocycles. The van der Waals surface area contributed by atoms with Crippen molar-refractivity contribution in [2.24, 2.45) is 11.5 Å². The van der Waals surface area contributed by atoms with Crippen LogP contribution >= 0.6 is 15.9 Å². The van der Waals surface area contributed by atoms with E-state index in [2.05, 4.69) is 15.9 Å². The Morgan fingerprint density at radius 2 is 2.17 bits per heavy atom. The first-order chi connectivity index (χ1) is 8.45. The first-order valence-electron chi connectivity index (χ1n) is 5.99. The fraction of sp³-hybridized carbons (Fsp3) is 0.462. The molecule has 5 heteroatoms. The average Bonchev–Trinajstić information content (AvgIpc) is 2.27. The zero-order chi connectivity index (χ0) is 13.7. The van der Waals surface area contributed by atoms with E-state index >= 15 is 0 Å². The van der Waals surface area contributed by atoms with Crippen LogP contribution in [0, 0.1) is 0 Å². The summed E-state index contributed by atoms with van der Waals surface area (Å²) in [5.74, 6) is -0.336. The third-order valence-corrected chi connectivity index (χ3v) is 3.34. The molecule has 2 unspecified atom stereocenters. The Kier molecular flexibility index (Phi) is 5.78. The molecule has 18 heavy (non-hydrogen) atoms. The Morgan fingerprint density at radius 3 is 2.61 bits per heavy atom. The van der Waals surface area contributed by atoms with Gasteiger partial charge in [-0.3, -0.25) is 9.69 Å². The van der Waals surface area contributed by atoms with Crippen molar-refractivity contribution in [3.8, 4) is 0 Å². The van der Waals surface area contributed by atoms with Gasteiger partial charge in [-0.2, -0.15) is 0 Å². The summed E-state index contributed by atoms with van der Waals surface area (Å²) < 4.78 is 1.00. The van der Waals surface area contributed by atoms with Crippen LogP contribution in [-0.4, -0.2) is 29.9 Å². The van der Waals surface area contributed by atoms with Gasteiger partial charge in [0.1, 0.15) is 0 Å². The van der Waals surface area contributed by atoms with Gasteiger partial charge in [0.25, 0.3) is 0 Å². The minimum Gasteiger partial charge on any atom is -0.369 e. The number of hydrogen-bond acceptors (Lipinski definition) is 3. The van der Waals surface area contributed by atoms with Gasteiger partial charge in [0.05, 0.1) is 12.6 Å². The van der Waals surface area contributed by atoms with E-state index in [0.717, 1.165) is 16.6 Å². The van der Waals surface area contributed by atoms with Gasteiger partial charge in [-0.05, 0) is 31.2 Å². The Bertz CT molecular complexity index is 409. The van der Waals surface area contributed by atoms with Crippen molar-refractivity contribution < 1.29 is 4.79 Å². The molecule has 0 heterocycles. The Balaban J connectivity index is 3.04. The van der Waals surface area contributed by atoms with Gasteiger partial charge in [-0.25, -0.2) is 0 Å². The van der Waals surface area contributed by atoms with Crippen molar-refractivity contribution in [2.75, 3.05) is 13.1 Å². The Morgan fingerprint density at radius 1 is 1.50 bits per heavy atom. The molecule has 0 bridgehead atoms. The third-order valence-electron chi connectivity index (χ3n) is 2.85. The molecule has 4 N–H and O–H groups in total. The van der Waals surface area contributed by atoms with Gasteiger partial charge in [-0.15, -0.1) is 0 Å². The van der Waals surface area contributed by atoms with Crippen molar-refractivity contribution in [1.29, 1.82) is 0 Å². The first-order valence-corrected chi connectivity index (χ1v) is 6.78. The molecule has 0 saturated carbocycles. The Labute approximate surface area is 116 Å². The highest BCUT2D eigenvalue weighted by molar-refractivity contribution is 9.10. The van der Waals surface area contributed by atoms with Crippen LogP contribution in [0.15, 0.2) is 28.7 Å². The minimum atomic E-state index is -0.336. The van der Waals surface area contributed by atoms with Crippen LogP contribution in [0.3, 0.4) is 0 Å². The quantitative estimate of drug-likeness (QED) is 0.838.